The molecule has 0 aromatic heterocycles. The number of aliphatic hydroxyl groups is 2. The van der Waals surface area contributed by atoms with Gasteiger partial charge in [-0.1, -0.05) is 18.2 Å². The predicted molar refractivity (Wildman–Crippen MR) is 102 cm³/mol. The van der Waals surface area contributed by atoms with Crippen molar-refractivity contribution in [1.29, 1.82) is 0 Å². The van der Waals surface area contributed by atoms with Crippen molar-refractivity contribution in [2.45, 2.75) is 57.8 Å². The molecule has 0 spiro atoms. The quantitative estimate of drug-likeness (QED) is 0.303. The molecule has 1 aliphatic heterocycles. The van der Waals surface area contributed by atoms with E-state index in [-0.39, 0.29) is 12.2 Å². The predicted octanol–water partition coefficient (Wildman–Crippen LogP) is 1.36. The fourth-order valence-electron chi connectivity index (χ4n) is 3.29. The molecule has 1 saturated heterocycles. The summed E-state index contributed by atoms with van der Waals surface area (Å²) in [7, 11) is 0. The zero-order valence-corrected chi connectivity index (χ0v) is 17.0. The Bertz CT molecular complexity index is 746. The van der Waals surface area contributed by atoms with Crippen molar-refractivity contribution in [1.82, 2.24) is 0 Å². The van der Waals surface area contributed by atoms with E-state index in [1.807, 2.05) is 13.0 Å². The lowest BCUT2D eigenvalue weighted by Crippen LogP contribution is -2.44. The molecule has 8 nitrogen and oxygen atoms in total. The Balaban J connectivity index is 2.44. The van der Waals surface area contributed by atoms with Crippen LogP contribution in [0.25, 0.3) is 0 Å². The normalized spacial score (nSPS) is 30.6. The Morgan fingerprint density at radius 2 is 2.10 bits per heavy atom. The van der Waals surface area contributed by atoms with Crippen LogP contribution in [-0.4, -0.2) is 59.1 Å². The third-order valence-corrected chi connectivity index (χ3v) is 5.01. The molecule has 8 heteroatoms. The van der Waals surface area contributed by atoms with Gasteiger partial charge in [0.25, 0.3) is 0 Å². The van der Waals surface area contributed by atoms with E-state index in [9.17, 15) is 24.6 Å². The summed E-state index contributed by atoms with van der Waals surface area (Å²) in [6, 6.07) is 0. The number of hydrogen-bond donors (Lipinski definition) is 2. The smallest absolute Gasteiger partial charge is 0.340 e. The first-order valence-electron chi connectivity index (χ1n) is 9.47. The van der Waals surface area contributed by atoms with Crippen LogP contribution < -0.4 is 0 Å². The Kier molecular flexibility index (Phi) is 7.37. The number of fused-ring (bicyclic) bond motifs is 1. The summed E-state index contributed by atoms with van der Waals surface area (Å²) in [4.78, 5) is 35.8. The molecule has 4 atom stereocenters. The number of aliphatic hydroxyl groups excluding tert-OH is 1. The summed E-state index contributed by atoms with van der Waals surface area (Å²) in [6.45, 7) is 7.32. The first-order chi connectivity index (χ1) is 13.5. The molecule has 1 aliphatic carbocycles. The van der Waals surface area contributed by atoms with Gasteiger partial charge in [0.1, 0.15) is 18.8 Å². The van der Waals surface area contributed by atoms with E-state index in [1.54, 1.807) is 6.08 Å². The number of carbonyl (C=O) groups excluding carboxylic acids is 3. The lowest BCUT2D eigenvalue weighted by Gasteiger charge is -2.29. The van der Waals surface area contributed by atoms with Gasteiger partial charge < -0.3 is 24.4 Å². The van der Waals surface area contributed by atoms with Crippen molar-refractivity contribution in [2.75, 3.05) is 13.2 Å². The zero-order valence-electron chi connectivity index (χ0n) is 17.0. The Hall–Kier alpha value is -2.45. The van der Waals surface area contributed by atoms with Gasteiger partial charge in [0.15, 0.2) is 5.60 Å². The van der Waals surface area contributed by atoms with Crippen molar-refractivity contribution in [2.24, 2.45) is 5.92 Å². The molecular weight excluding hydrogens is 380 g/mol. The maximum absolute atomic E-state index is 12.4. The third-order valence-electron chi connectivity index (χ3n) is 5.01. The summed E-state index contributed by atoms with van der Waals surface area (Å²) in [5.41, 5.74) is -0.245. The standard InChI is InChI=1S/C21H28O8/c1-12-6-5-7-15(10-27-14(3)23)9-17(29-20(25)21(4,26)11-22)18-13(2)19(24)28-16(18)8-12/h6,9,16-18,22,26H,2,5,7-8,10-11H2,1,3-4H3/b12-6+,15-9-. The van der Waals surface area contributed by atoms with Gasteiger partial charge in [0.05, 0.1) is 12.5 Å². The van der Waals surface area contributed by atoms with E-state index in [1.165, 1.54) is 6.92 Å². The van der Waals surface area contributed by atoms with Crippen LogP contribution in [0.5, 0.6) is 0 Å². The van der Waals surface area contributed by atoms with Crippen LogP contribution in [0, 0.1) is 5.92 Å². The van der Waals surface area contributed by atoms with Crippen LogP contribution in [-0.2, 0) is 28.6 Å². The minimum Gasteiger partial charge on any atom is -0.461 e. The highest BCUT2D eigenvalue weighted by molar-refractivity contribution is 5.91. The molecule has 1 fully saturated rings. The number of rotatable bonds is 5. The highest BCUT2D eigenvalue weighted by Gasteiger charge is 2.46. The molecule has 160 valence electrons. The Morgan fingerprint density at radius 1 is 1.41 bits per heavy atom. The number of carbonyl (C=O) groups is 3. The number of esters is 3. The number of allylic oxidation sites excluding steroid dienone is 1. The largest absolute Gasteiger partial charge is 0.461 e. The fourth-order valence-corrected chi connectivity index (χ4v) is 3.29. The minimum atomic E-state index is -2.10. The van der Waals surface area contributed by atoms with Crippen molar-refractivity contribution in [3.63, 3.8) is 0 Å². The molecule has 0 aromatic carbocycles. The Labute approximate surface area is 169 Å². The summed E-state index contributed by atoms with van der Waals surface area (Å²) in [6.07, 6.45) is 3.73. The van der Waals surface area contributed by atoms with Crippen molar-refractivity contribution >= 4 is 17.9 Å². The SMILES string of the molecule is C=C1C(=O)OC2C/C(C)=C/CC/C(COC(C)=O)=C/C(OC(=O)C(C)(O)CO)C12. The minimum absolute atomic E-state index is 0.00529. The van der Waals surface area contributed by atoms with E-state index >= 15 is 0 Å². The van der Waals surface area contributed by atoms with E-state index in [4.69, 9.17) is 14.2 Å². The highest BCUT2D eigenvalue weighted by atomic mass is 16.6. The molecular formula is C21H28O8. The fraction of sp³-hybridized carbons (Fsp3) is 0.571. The van der Waals surface area contributed by atoms with Crippen molar-refractivity contribution < 1.29 is 38.8 Å². The molecule has 0 amide bonds. The monoisotopic (exact) mass is 408 g/mol. The van der Waals surface area contributed by atoms with Gasteiger partial charge in [-0.2, -0.15) is 0 Å². The van der Waals surface area contributed by atoms with Gasteiger partial charge in [0.2, 0.25) is 0 Å². The van der Waals surface area contributed by atoms with Crippen molar-refractivity contribution in [3.8, 4) is 0 Å². The topological polar surface area (TPSA) is 119 Å². The van der Waals surface area contributed by atoms with Crippen LogP contribution >= 0.6 is 0 Å². The molecule has 0 radical (unpaired) electrons. The summed E-state index contributed by atoms with van der Waals surface area (Å²) in [5, 5.41) is 19.3. The maximum atomic E-state index is 12.4. The first kappa shape index (κ1) is 22.8. The van der Waals surface area contributed by atoms with Crippen LogP contribution in [0.4, 0.5) is 0 Å². The Morgan fingerprint density at radius 3 is 2.72 bits per heavy atom. The number of hydrogen-bond acceptors (Lipinski definition) is 8. The third kappa shape index (κ3) is 5.77. The van der Waals surface area contributed by atoms with Gasteiger partial charge in [-0.05, 0) is 38.3 Å². The van der Waals surface area contributed by atoms with Crippen LogP contribution in [0.15, 0.2) is 35.5 Å². The van der Waals surface area contributed by atoms with Crippen molar-refractivity contribution in [3.05, 3.63) is 35.5 Å². The summed E-state index contributed by atoms with van der Waals surface area (Å²) in [5.74, 6) is -2.73. The molecule has 29 heavy (non-hydrogen) atoms. The van der Waals surface area contributed by atoms with Crippen LogP contribution in [0.1, 0.15) is 40.0 Å². The molecule has 1 heterocycles. The molecule has 0 bridgehead atoms. The lowest BCUT2D eigenvalue weighted by atomic mass is 9.85. The second kappa shape index (κ2) is 9.37. The second-order valence-electron chi connectivity index (χ2n) is 7.70. The molecule has 0 aromatic rings. The van der Waals surface area contributed by atoms with E-state index in [2.05, 4.69) is 6.58 Å². The highest BCUT2D eigenvalue weighted by Crippen LogP contribution is 2.37. The first-order valence-corrected chi connectivity index (χ1v) is 9.47. The molecule has 0 saturated carbocycles. The summed E-state index contributed by atoms with van der Waals surface area (Å²) < 4.78 is 16.0. The van der Waals surface area contributed by atoms with Gasteiger partial charge >= 0.3 is 17.9 Å². The number of ether oxygens (including phenoxy) is 3. The van der Waals surface area contributed by atoms with Gasteiger partial charge in [-0.15, -0.1) is 0 Å². The zero-order chi connectivity index (χ0) is 21.8. The van der Waals surface area contributed by atoms with Gasteiger partial charge in [0, 0.05) is 18.9 Å². The van der Waals surface area contributed by atoms with Crippen LogP contribution in [0.3, 0.4) is 0 Å². The van der Waals surface area contributed by atoms with Crippen LogP contribution in [0.2, 0.25) is 0 Å². The van der Waals surface area contributed by atoms with Gasteiger partial charge in [-0.3, -0.25) is 4.79 Å². The maximum Gasteiger partial charge on any atom is 0.340 e. The van der Waals surface area contributed by atoms with E-state index in [0.717, 1.165) is 12.5 Å². The second-order valence-corrected chi connectivity index (χ2v) is 7.70. The molecule has 4 unspecified atom stereocenters. The van der Waals surface area contributed by atoms with Gasteiger partial charge in [-0.25, -0.2) is 9.59 Å². The molecule has 2 N–H and O–H groups in total. The molecule has 2 rings (SSSR count). The lowest BCUT2D eigenvalue weighted by molar-refractivity contribution is -0.173. The summed E-state index contributed by atoms with van der Waals surface area (Å²) >= 11 is 0. The average Bonchev–Trinajstić information content (AvgIpc) is 2.91. The van der Waals surface area contributed by atoms with E-state index < -0.39 is 48.2 Å². The van der Waals surface area contributed by atoms with E-state index in [0.29, 0.717) is 24.8 Å². The average molecular weight is 408 g/mol. The molecule has 2 aliphatic rings.